The van der Waals surface area contributed by atoms with Gasteiger partial charge >= 0.3 is 6.09 Å². The second-order valence-corrected chi connectivity index (χ2v) is 9.43. The summed E-state index contributed by atoms with van der Waals surface area (Å²) in [5.41, 5.74) is 9.49. The fourth-order valence-corrected chi connectivity index (χ4v) is 4.81. The topological polar surface area (TPSA) is 128 Å². The number of ether oxygens (including phenoxy) is 1. The predicted octanol–water partition coefficient (Wildman–Crippen LogP) is 4.47. The Morgan fingerprint density at radius 2 is 1.69 bits per heavy atom. The highest BCUT2D eigenvalue weighted by molar-refractivity contribution is 5.83. The number of nitrogens with zero attached hydrogens (tertiary/aromatic N) is 3. The molecule has 2 heterocycles. The van der Waals surface area contributed by atoms with E-state index in [1.54, 1.807) is 12.1 Å². The number of nitrogens with two attached hydrogens (primary N) is 1. The summed E-state index contributed by atoms with van der Waals surface area (Å²) in [5.74, 6) is 1.73. The Balaban J connectivity index is 1.47. The van der Waals surface area contributed by atoms with Gasteiger partial charge in [-0.2, -0.15) is 0 Å². The molecule has 4 N–H and O–H groups in total. The molecule has 0 unspecified atom stereocenters. The summed E-state index contributed by atoms with van der Waals surface area (Å²) in [7, 11) is 0. The lowest BCUT2D eigenvalue weighted by atomic mass is 10.0. The van der Waals surface area contributed by atoms with Crippen molar-refractivity contribution in [2.75, 3.05) is 0 Å². The van der Waals surface area contributed by atoms with Crippen molar-refractivity contribution in [2.24, 2.45) is 5.73 Å². The molecule has 0 spiro atoms. The summed E-state index contributed by atoms with van der Waals surface area (Å²) >= 11 is 0. The predicted molar refractivity (Wildman–Crippen MR) is 148 cm³/mol. The second kappa shape index (κ2) is 11.6. The number of aromatic amines is 1. The Morgan fingerprint density at radius 1 is 0.949 bits per heavy atom. The number of fused-ring (bicyclic) bond motifs is 1. The van der Waals surface area contributed by atoms with Gasteiger partial charge in [0.2, 0.25) is 5.91 Å². The van der Waals surface area contributed by atoms with Crippen LogP contribution in [0, 0.1) is 0 Å². The van der Waals surface area contributed by atoms with Gasteiger partial charge in [-0.15, -0.1) is 10.2 Å². The molecule has 0 saturated heterocycles. The number of carbonyl (C=O) groups is 2. The van der Waals surface area contributed by atoms with E-state index in [-0.39, 0.29) is 11.9 Å². The number of rotatable bonds is 10. The van der Waals surface area contributed by atoms with E-state index in [1.807, 2.05) is 60.8 Å². The maximum Gasteiger partial charge on any atom is 0.409 e. The molecule has 0 aliphatic rings. The van der Waals surface area contributed by atoms with E-state index >= 15 is 0 Å². The van der Waals surface area contributed by atoms with Crippen LogP contribution in [-0.4, -0.2) is 31.7 Å². The molecule has 39 heavy (non-hydrogen) atoms. The van der Waals surface area contributed by atoms with Crippen LogP contribution in [0.3, 0.4) is 0 Å². The fraction of sp³-hybridized carbons (Fsp3) is 0.200. The lowest BCUT2D eigenvalue weighted by Gasteiger charge is -2.20. The summed E-state index contributed by atoms with van der Waals surface area (Å²) in [5, 5.41) is 13.4. The molecule has 0 radical (unpaired) electrons. The van der Waals surface area contributed by atoms with Crippen LogP contribution >= 0.6 is 0 Å². The average Bonchev–Trinajstić information content (AvgIpc) is 3.52. The molecule has 5 rings (SSSR count). The maximum absolute atomic E-state index is 12.2. The molecule has 198 valence electrons. The third-order valence-electron chi connectivity index (χ3n) is 6.60. The lowest BCUT2D eigenvalue weighted by molar-refractivity contribution is -0.119. The molecule has 9 heteroatoms. The van der Waals surface area contributed by atoms with E-state index < -0.39 is 6.09 Å². The highest BCUT2D eigenvalue weighted by atomic mass is 16.5. The fourth-order valence-electron chi connectivity index (χ4n) is 4.81. The van der Waals surface area contributed by atoms with Gasteiger partial charge < -0.3 is 25.3 Å². The van der Waals surface area contributed by atoms with Gasteiger partial charge in [-0.25, -0.2) is 4.79 Å². The third kappa shape index (κ3) is 6.32. The number of nitrogens with one attached hydrogen (secondary N) is 2. The number of amides is 2. The van der Waals surface area contributed by atoms with Crippen molar-refractivity contribution in [1.82, 2.24) is 25.1 Å². The quantitative estimate of drug-likeness (QED) is 0.249. The first-order valence-corrected chi connectivity index (χ1v) is 12.8. The van der Waals surface area contributed by atoms with Crippen molar-refractivity contribution in [3.8, 4) is 5.75 Å². The zero-order chi connectivity index (χ0) is 27.2. The van der Waals surface area contributed by atoms with Gasteiger partial charge in [-0.1, -0.05) is 60.7 Å². The molecule has 0 fully saturated rings. The molecule has 0 bridgehead atoms. The van der Waals surface area contributed by atoms with Gasteiger partial charge in [0.1, 0.15) is 11.6 Å². The van der Waals surface area contributed by atoms with Gasteiger partial charge in [0.15, 0.2) is 5.82 Å². The number of hydrogen-bond donors (Lipinski definition) is 3. The standard InChI is InChI=1S/C30H30N6O3/c1-20(37)33-27(17-21-7-3-2-4-8-21)29-35-34-28(16-13-23-18-32-26-10-6-5-9-25(23)26)36(29)19-22-11-14-24(15-12-22)39-30(31)38/h2-12,14-15,18,27,32H,13,16-17,19H2,1H3,(H2,31,38)(H,33,37)/t27-/m0/s1. The Labute approximate surface area is 226 Å². The molecular weight excluding hydrogens is 492 g/mol. The monoisotopic (exact) mass is 522 g/mol. The smallest absolute Gasteiger partial charge is 0.409 e. The summed E-state index contributed by atoms with van der Waals surface area (Å²) in [6.45, 7) is 1.99. The van der Waals surface area contributed by atoms with Crippen molar-refractivity contribution < 1.29 is 14.3 Å². The van der Waals surface area contributed by atoms with Gasteiger partial charge in [-0.05, 0) is 47.7 Å². The summed E-state index contributed by atoms with van der Waals surface area (Å²) in [4.78, 5) is 26.6. The highest BCUT2D eigenvalue weighted by Crippen LogP contribution is 2.23. The summed E-state index contributed by atoms with van der Waals surface area (Å²) < 4.78 is 7.04. The molecule has 0 saturated carbocycles. The van der Waals surface area contributed by atoms with Crippen LogP contribution in [0.15, 0.2) is 85.1 Å². The molecule has 5 aromatic rings. The van der Waals surface area contributed by atoms with Crippen molar-refractivity contribution in [3.05, 3.63) is 113 Å². The van der Waals surface area contributed by atoms with Gasteiger partial charge in [-0.3, -0.25) is 4.79 Å². The first-order valence-electron chi connectivity index (χ1n) is 12.8. The number of H-pyrrole nitrogens is 1. The van der Waals surface area contributed by atoms with E-state index in [2.05, 4.69) is 37.2 Å². The number of carbonyl (C=O) groups excluding carboxylic acids is 2. The van der Waals surface area contributed by atoms with E-state index in [0.29, 0.717) is 31.0 Å². The van der Waals surface area contributed by atoms with Crippen molar-refractivity contribution in [3.63, 3.8) is 0 Å². The number of para-hydroxylation sites is 1. The first kappa shape index (κ1) is 25.7. The Hall–Kier alpha value is -4.92. The SMILES string of the molecule is CC(=O)N[C@@H](Cc1ccccc1)c1nnc(CCc2c[nH]c3ccccc23)n1Cc1ccc(OC(N)=O)cc1. The molecule has 0 aliphatic heterocycles. The number of primary amides is 1. The number of aryl methyl sites for hydroxylation is 2. The molecular formula is C30H30N6O3. The molecule has 3 aromatic carbocycles. The molecule has 2 amide bonds. The van der Waals surface area contributed by atoms with E-state index in [9.17, 15) is 9.59 Å². The zero-order valence-electron chi connectivity index (χ0n) is 21.6. The van der Waals surface area contributed by atoms with Crippen molar-refractivity contribution in [2.45, 2.75) is 38.8 Å². The Bertz CT molecular complexity index is 1570. The molecule has 0 aliphatic carbocycles. The number of hydrogen-bond acceptors (Lipinski definition) is 5. The number of aromatic nitrogens is 4. The minimum Gasteiger partial charge on any atom is -0.411 e. The number of benzene rings is 3. The van der Waals surface area contributed by atoms with Crippen LogP contribution < -0.4 is 15.8 Å². The van der Waals surface area contributed by atoms with Crippen LogP contribution in [0.5, 0.6) is 5.75 Å². The minimum absolute atomic E-state index is 0.140. The first-order chi connectivity index (χ1) is 19.0. The van der Waals surface area contributed by atoms with Crippen LogP contribution in [0.4, 0.5) is 4.79 Å². The molecule has 9 nitrogen and oxygen atoms in total. The second-order valence-electron chi connectivity index (χ2n) is 9.43. The van der Waals surface area contributed by atoms with Gasteiger partial charge in [0.05, 0.1) is 12.6 Å². The van der Waals surface area contributed by atoms with Crippen LogP contribution in [0.2, 0.25) is 0 Å². The van der Waals surface area contributed by atoms with Crippen LogP contribution in [0.1, 0.15) is 41.3 Å². The summed E-state index contributed by atoms with van der Waals surface area (Å²) in [6, 6.07) is 25.0. The Kier molecular flexibility index (Phi) is 7.68. The highest BCUT2D eigenvalue weighted by Gasteiger charge is 2.23. The largest absolute Gasteiger partial charge is 0.411 e. The average molecular weight is 523 g/mol. The normalized spacial score (nSPS) is 11.8. The van der Waals surface area contributed by atoms with Crippen LogP contribution in [0.25, 0.3) is 10.9 Å². The minimum atomic E-state index is -0.859. The van der Waals surface area contributed by atoms with Gasteiger partial charge in [0.25, 0.3) is 0 Å². The molecule has 2 aromatic heterocycles. The van der Waals surface area contributed by atoms with Crippen molar-refractivity contribution >= 4 is 22.9 Å². The molecule has 1 atom stereocenters. The van der Waals surface area contributed by atoms with E-state index in [4.69, 9.17) is 10.5 Å². The van der Waals surface area contributed by atoms with E-state index in [1.165, 1.54) is 17.9 Å². The lowest BCUT2D eigenvalue weighted by Crippen LogP contribution is -2.30. The maximum atomic E-state index is 12.2. The van der Waals surface area contributed by atoms with Gasteiger partial charge in [0, 0.05) is 30.4 Å². The van der Waals surface area contributed by atoms with Crippen molar-refractivity contribution in [1.29, 1.82) is 0 Å². The van der Waals surface area contributed by atoms with E-state index in [0.717, 1.165) is 28.9 Å². The van der Waals surface area contributed by atoms with Crippen LogP contribution in [-0.2, 0) is 30.6 Å². The zero-order valence-corrected chi connectivity index (χ0v) is 21.6. The summed E-state index contributed by atoms with van der Waals surface area (Å²) in [6.07, 6.45) is 3.20. The third-order valence-corrected chi connectivity index (χ3v) is 6.60. The Morgan fingerprint density at radius 3 is 2.44 bits per heavy atom.